The molecule has 2 aromatic carbocycles. The maximum Gasteiger partial charge on any atom is 0.311 e. The zero-order valence-corrected chi connectivity index (χ0v) is 18.9. The second-order valence-corrected chi connectivity index (χ2v) is 8.35. The predicted octanol–water partition coefficient (Wildman–Crippen LogP) is 4.84. The number of nitrogens with zero attached hydrogens (tertiary/aromatic N) is 2. The largest absolute Gasteiger partial charge is 0.465 e. The molecule has 0 fully saturated rings. The third kappa shape index (κ3) is 6.50. The van der Waals surface area contributed by atoms with E-state index in [2.05, 4.69) is 4.98 Å². The molecule has 3 rings (SSSR count). The van der Waals surface area contributed by atoms with E-state index in [1.165, 1.54) is 6.07 Å². The molecule has 0 spiro atoms. The van der Waals surface area contributed by atoms with Crippen LogP contribution in [0.15, 0.2) is 54.7 Å². The summed E-state index contributed by atoms with van der Waals surface area (Å²) >= 11 is 5.95. The van der Waals surface area contributed by atoms with Gasteiger partial charge in [-0.25, -0.2) is 4.39 Å². The van der Waals surface area contributed by atoms with Crippen molar-refractivity contribution in [2.75, 3.05) is 20.2 Å². The topological polar surface area (TPSA) is 59.5 Å². The number of benzene rings is 2. The molecule has 0 radical (unpaired) electrons. The lowest BCUT2D eigenvalue weighted by Crippen LogP contribution is -2.33. The smallest absolute Gasteiger partial charge is 0.311 e. The van der Waals surface area contributed by atoms with Crippen molar-refractivity contribution in [3.63, 3.8) is 0 Å². The molecule has 0 aliphatic rings. The Morgan fingerprint density at radius 1 is 1.16 bits per heavy atom. The molecule has 0 bridgehead atoms. The van der Waals surface area contributed by atoms with E-state index in [1.54, 1.807) is 30.3 Å². The minimum Gasteiger partial charge on any atom is -0.465 e. The number of amides is 1. The molecule has 1 atom stereocenters. The molecule has 5 nitrogen and oxygen atoms in total. The number of aromatic nitrogens is 1. The Hall–Kier alpha value is -2.99. The van der Waals surface area contributed by atoms with Crippen LogP contribution in [0.25, 0.3) is 10.8 Å². The van der Waals surface area contributed by atoms with Crippen LogP contribution in [0.2, 0.25) is 5.02 Å². The number of rotatable bonds is 9. The summed E-state index contributed by atoms with van der Waals surface area (Å²) in [5.74, 6) is -0.951. The predicted molar refractivity (Wildman–Crippen MR) is 123 cm³/mol. The minimum atomic E-state index is -0.487. The Morgan fingerprint density at radius 2 is 1.91 bits per heavy atom. The van der Waals surface area contributed by atoms with Gasteiger partial charge >= 0.3 is 5.97 Å². The number of fused-ring (bicyclic) bond motifs is 1. The highest BCUT2D eigenvalue weighted by Crippen LogP contribution is 2.21. The second kappa shape index (κ2) is 11.0. The zero-order valence-electron chi connectivity index (χ0n) is 18.2. The summed E-state index contributed by atoms with van der Waals surface area (Å²) < 4.78 is 18.9. The van der Waals surface area contributed by atoms with E-state index in [0.29, 0.717) is 24.2 Å². The van der Waals surface area contributed by atoms with Crippen LogP contribution < -0.4 is 0 Å². The molecule has 0 saturated carbocycles. The van der Waals surface area contributed by atoms with E-state index in [4.69, 9.17) is 16.3 Å². The average Bonchev–Trinajstić information content (AvgIpc) is 2.78. The number of esters is 1. The van der Waals surface area contributed by atoms with Gasteiger partial charge < -0.3 is 9.64 Å². The molecule has 1 heterocycles. The summed E-state index contributed by atoms with van der Waals surface area (Å²) in [6.45, 7) is 2.56. The molecule has 1 amide bonds. The van der Waals surface area contributed by atoms with Crippen molar-refractivity contribution in [2.45, 2.75) is 26.2 Å². The quantitative estimate of drug-likeness (QED) is 0.432. The Balaban J connectivity index is 1.41. The third-order valence-corrected chi connectivity index (χ3v) is 5.62. The van der Waals surface area contributed by atoms with Crippen molar-refractivity contribution in [3.8, 4) is 0 Å². The van der Waals surface area contributed by atoms with Gasteiger partial charge in [0.15, 0.2) is 0 Å². The number of pyridine rings is 1. The standard InChI is InChI=1S/C25H26ClFN2O3/c1-17(15-29(2)23(30)11-10-18-8-5-9-22(27)25(18)26)16-32-24(31)13-21-12-19-6-3-4-7-20(19)14-28-21/h3-9,12,14,17H,10-11,13,15-16H2,1-2H3. The first-order chi connectivity index (χ1) is 15.3. The first-order valence-corrected chi connectivity index (χ1v) is 10.9. The van der Waals surface area contributed by atoms with Gasteiger partial charge in [-0.1, -0.05) is 54.9 Å². The van der Waals surface area contributed by atoms with E-state index in [-0.39, 0.29) is 42.3 Å². The molecule has 0 N–H and O–H groups in total. The van der Waals surface area contributed by atoms with Crippen LogP contribution in [0.3, 0.4) is 0 Å². The maximum absolute atomic E-state index is 13.5. The minimum absolute atomic E-state index is 0.0322. The van der Waals surface area contributed by atoms with E-state index in [9.17, 15) is 14.0 Å². The van der Waals surface area contributed by atoms with Crippen molar-refractivity contribution >= 4 is 34.2 Å². The first-order valence-electron chi connectivity index (χ1n) is 10.5. The summed E-state index contributed by atoms with van der Waals surface area (Å²) in [6, 6.07) is 14.3. The molecule has 7 heteroatoms. The number of hydrogen-bond donors (Lipinski definition) is 0. The highest BCUT2D eigenvalue weighted by atomic mass is 35.5. The fourth-order valence-electron chi connectivity index (χ4n) is 3.46. The molecule has 3 aromatic rings. The van der Waals surface area contributed by atoms with Crippen molar-refractivity contribution in [2.24, 2.45) is 5.92 Å². The third-order valence-electron chi connectivity index (χ3n) is 5.19. The zero-order chi connectivity index (χ0) is 23.1. The normalized spacial score (nSPS) is 11.9. The van der Waals surface area contributed by atoms with E-state index in [0.717, 1.165) is 10.8 Å². The summed E-state index contributed by atoms with van der Waals surface area (Å²) in [6.07, 6.45) is 2.43. The fraction of sp³-hybridized carbons (Fsp3) is 0.320. The van der Waals surface area contributed by atoms with Crippen molar-refractivity contribution < 1.29 is 18.7 Å². The molecule has 1 aromatic heterocycles. The van der Waals surface area contributed by atoms with E-state index in [1.807, 2.05) is 37.3 Å². The van der Waals surface area contributed by atoms with Crippen LogP contribution in [0, 0.1) is 11.7 Å². The number of halogens is 2. The Morgan fingerprint density at radius 3 is 2.69 bits per heavy atom. The van der Waals surface area contributed by atoms with Crippen molar-refractivity contribution in [3.05, 3.63) is 76.8 Å². The number of carbonyl (C=O) groups is 2. The summed E-state index contributed by atoms with van der Waals surface area (Å²) in [4.78, 5) is 30.5. The highest BCUT2D eigenvalue weighted by Gasteiger charge is 2.16. The average molecular weight is 457 g/mol. The molecule has 32 heavy (non-hydrogen) atoms. The van der Waals surface area contributed by atoms with Crippen LogP contribution >= 0.6 is 11.6 Å². The lowest BCUT2D eigenvalue weighted by atomic mass is 10.1. The second-order valence-electron chi connectivity index (χ2n) is 7.97. The SMILES string of the molecule is CC(COC(=O)Cc1cc2ccccc2cn1)CN(C)C(=O)CCc1cccc(F)c1Cl. The van der Waals surface area contributed by atoms with Gasteiger partial charge in [0.1, 0.15) is 5.82 Å². The van der Waals surface area contributed by atoms with Gasteiger partial charge in [-0.3, -0.25) is 14.6 Å². The summed E-state index contributed by atoms with van der Waals surface area (Å²) in [5.41, 5.74) is 1.27. The summed E-state index contributed by atoms with van der Waals surface area (Å²) in [7, 11) is 1.70. The van der Waals surface area contributed by atoms with Gasteiger partial charge in [0.2, 0.25) is 5.91 Å². The van der Waals surface area contributed by atoms with Gasteiger partial charge in [0.25, 0.3) is 0 Å². The molecule has 0 aliphatic carbocycles. The maximum atomic E-state index is 13.5. The molecular weight excluding hydrogens is 431 g/mol. The Labute approximate surface area is 192 Å². The molecule has 0 aliphatic heterocycles. The van der Waals surface area contributed by atoms with Crippen molar-refractivity contribution in [1.29, 1.82) is 0 Å². The fourth-order valence-corrected chi connectivity index (χ4v) is 3.68. The number of hydrogen-bond acceptors (Lipinski definition) is 4. The Bertz CT molecular complexity index is 1110. The van der Waals surface area contributed by atoms with Gasteiger partial charge in [-0.2, -0.15) is 0 Å². The van der Waals surface area contributed by atoms with Crippen LogP contribution in [-0.2, 0) is 27.2 Å². The van der Waals surface area contributed by atoms with Gasteiger partial charge in [0, 0.05) is 37.5 Å². The van der Waals surface area contributed by atoms with Crippen LogP contribution in [0.1, 0.15) is 24.6 Å². The van der Waals surface area contributed by atoms with Crippen LogP contribution in [-0.4, -0.2) is 42.0 Å². The van der Waals surface area contributed by atoms with Crippen LogP contribution in [0.5, 0.6) is 0 Å². The number of carbonyl (C=O) groups excluding carboxylic acids is 2. The lowest BCUT2D eigenvalue weighted by molar-refractivity contribution is -0.144. The highest BCUT2D eigenvalue weighted by molar-refractivity contribution is 6.31. The lowest BCUT2D eigenvalue weighted by Gasteiger charge is -2.21. The van der Waals surface area contributed by atoms with Gasteiger partial charge in [-0.15, -0.1) is 0 Å². The number of aryl methyl sites for hydroxylation is 1. The van der Waals surface area contributed by atoms with E-state index < -0.39 is 5.82 Å². The molecule has 168 valence electrons. The van der Waals surface area contributed by atoms with Crippen LogP contribution in [0.4, 0.5) is 4.39 Å². The van der Waals surface area contributed by atoms with Gasteiger partial charge in [-0.05, 0) is 29.5 Å². The summed E-state index contributed by atoms with van der Waals surface area (Å²) in [5, 5.41) is 2.10. The first kappa shape index (κ1) is 23.7. The van der Waals surface area contributed by atoms with E-state index >= 15 is 0 Å². The number of ether oxygens (including phenoxy) is 1. The molecule has 0 saturated heterocycles. The van der Waals surface area contributed by atoms with Crippen molar-refractivity contribution in [1.82, 2.24) is 9.88 Å². The van der Waals surface area contributed by atoms with Gasteiger partial charge in [0.05, 0.1) is 23.7 Å². The molecule has 1 unspecified atom stereocenters. The monoisotopic (exact) mass is 456 g/mol. The Kier molecular flexibility index (Phi) is 8.17. The molecular formula is C25H26ClFN2O3.